The van der Waals surface area contributed by atoms with Crippen LogP contribution in [0, 0.1) is 17.2 Å². The Hall–Kier alpha value is -1.08. The Bertz CT molecular complexity index is 236. The van der Waals surface area contributed by atoms with E-state index < -0.39 is 11.6 Å². The van der Waals surface area contributed by atoms with Crippen LogP contribution in [0.25, 0.3) is 0 Å². The fraction of sp³-hybridized carbons (Fsp3) is 0.778. The minimum atomic E-state index is -1.03. The van der Waals surface area contributed by atoms with E-state index in [0.717, 1.165) is 0 Å². The van der Waals surface area contributed by atoms with Gasteiger partial charge in [0, 0.05) is 13.0 Å². The van der Waals surface area contributed by atoms with Crippen LogP contribution in [0.15, 0.2) is 0 Å². The first-order valence-electron chi connectivity index (χ1n) is 4.33. The highest BCUT2D eigenvalue weighted by Gasteiger charge is 2.42. The number of rotatable bonds is 2. The lowest BCUT2D eigenvalue weighted by atomic mass is 9.79. The van der Waals surface area contributed by atoms with Crippen molar-refractivity contribution in [3.8, 4) is 6.07 Å². The summed E-state index contributed by atoms with van der Waals surface area (Å²) in [5.41, 5.74) is -1.03. The monoisotopic (exact) mass is 183 g/mol. The average molecular weight is 183 g/mol. The van der Waals surface area contributed by atoms with Crippen molar-refractivity contribution in [1.82, 2.24) is 0 Å². The third kappa shape index (κ3) is 1.81. The number of carbonyl (C=O) groups is 1. The van der Waals surface area contributed by atoms with Gasteiger partial charge in [0.1, 0.15) is 0 Å². The molecular weight excluding hydrogens is 170 g/mol. The largest absolute Gasteiger partial charge is 0.479 e. The van der Waals surface area contributed by atoms with Crippen molar-refractivity contribution in [3.05, 3.63) is 0 Å². The zero-order valence-electron chi connectivity index (χ0n) is 7.62. The predicted octanol–water partition coefficient (Wildman–Crippen LogP) is 1.17. The van der Waals surface area contributed by atoms with Gasteiger partial charge >= 0.3 is 5.97 Å². The molecule has 0 atom stereocenters. The molecule has 0 amide bonds. The van der Waals surface area contributed by atoms with Crippen molar-refractivity contribution in [1.29, 1.82) is 5.26 Å². The molecule has 0 saturated heterocycles. The Kier molecular flexibility index (Phi) is 2.89. The van der Waals surface area contributed by atoms with E-state index in [0.29, 0.717) is 25.7 Å². The normalized spacial score (nSPS) is 33.7. The maximum Gasteiger partial charge on any atom is 0.335 e. The van der Waals surface area contributed by atoms with Crippen LogP contribution < -0.4 is 0 Å². The Balaban J connectivity index is 2.64. The van der Waals surface area contributed by atoms with Gasteiger partial charge in [-0.1, -0.05) is 0 Å². The molecule has 1 aliphatic carbocycles. The van der Waals surface area contributed by atoms with Gasteiger partial charge in [0.15, 0.2) is 5.60 Å². The van der Waals surface area contributed by atoms with Crippen LogP contribution in [0.4, 0.5) is 0 Å². The van der Waals surface area contributed by atoms with Crippen LogP contribution in [0.3, 0.4) is 0 Å². The highest BCUT2D eigenvalue weighted by atomic mass is 16.5. The van der Waals surface area contributed by atoms with Crippen molar-refractivity contribution in [3.63, 3.8) is 0 Å². The van der Waals surface area contributed by atoms with Crippen molar-refractivity contribution >= 4 is 5.97 Å². The molecule has 0 aliphatic heterocycles. The van der Waals surface area contributed by atoms with Crippen molar-refractivity contribution in [2.45, 2.75) is 31.3 Å². The standard InChI is InChI=1S/C9H13NO3/c1-13-9(8(11)12)4-2-7(6-10)3-5-9/h7H,2-5H2,1H3,(H,11,12). The number of ether oxygens (including phenoxy) is 1. The van der Waals surface area contributed by atoms with Crippen LogP contribution in [-0.2, 0) is 9.53 Å². The molecule has 4 nitrogen and oxygen atoms in total. The zero-order valence-corrected chi connectivity index (χ0v) is 7.62. The molecule has 0 aromatic carbocycles. The van der Waals surface area contributed by atoms with Gasteiger partial charge in [-0.25, -0.2) is 4.79 Å². The molecule has 1 fully saturated rings. The van der Waals surface area contributed by atoms with Gasteiger partial charge < -0.3 is 9.84 Å². The summed E-state index contributed by atoms with van der Waals surface area (Å²) in [5.74, 6) is -0.908. The molecule has 0 spiro atoms. The number of methoxy groups -OCH3 is 1. The fourth-order valence-corrected chi connectivity index (χ4v) is 1.72. The quantitative estimate of drug-likeness (QED) is 0.697. The second-order valence-corrected chi connectivity index (χ2v) is 3.41. The van der Waals surface area contributed by atoms with Crippen LogP contribution in [0.5, 0.6) is 0 Å². The van der Waals surface area contributed by atoms with E-state index >= 15 is 0 Å². The summed E-state index contributed by atoms with van der Waals surface area (Å²) in [7, 11) is 1.42. The molecule has 13 heavy (non-hydrogen) atoms. The molecule has 4 heteroatoms. The second kappa shape index (κ2) is 3.75. The Morgan fingerprint density at radius 1 is 1.62 bits per heavy atom. The fourth-order valence-electron chi connectivity index (χ4n) is 1.72. The lowest BCUT2D eigenvalue weighted by molar-refractivity contribution is -0.166. The van der Waals surface area contributed by atoms with E-state index in [1.54, 1.807) is 0 Å². The molecule has 0 unspecified atom stereocenters. The molecule has 1 rings (SSSR count). The van der Waals surface area contributed by atoms with Crippen LogP contribution in [0.2, 0.25) is 0 Å². The van der Waals surface area contributed by atoms with Gasteiger partial charge in [0.2, 0.25) is 0 Å². The van der Waals surface area contributed by atoms with Gasteiger partial charge in [-0.15, -0.1) is 0 Å². The number of aliphatic carboxylic acids is 1. The molecular formula is C9H13NO3. The zero-order chi connectivity index (χ0) is 9.90. The maximum atomic E-state index is 10.9. The molecule has 0 aromatic rings. The summed E-state index contributed by atoms with van der Waals surface area (Å²) in [5, 5.41) is 17.6. The van der Waals surface area contributed by atoms with Gasteiger partial charge in [-0.3, -0.25) is 0 Å². The molecule has 1 N–H and O–H groups in total. The Morgan fingerprint density at radius 3 is 2.46 bits per heavy atom. The van der Waals surface area contributed by atoms with Gasteiger partial charge in [-0.2, -0.15) is 5.26 Å². The van der Waals surface area contributed by atoms with Crippen molar-refractivity contribution < 1.29 is 14.6 Å². The molecule has 1 saturated carbocycles. The van der Waals surface area contributed by atoms with E-state index in [-0.39, 0.29) is 5.92 Å². The number of nitriles is 1. The Morgan fingerprint density at radius 2 is 2.15 bits per heavy atom. The van der Waals surface area contributed by atoms with Crippen LogP contribution in [-0.4, -0.2) is 23.8 Å². The first-order valence-corrected chi connectivity index (χ1v) is 4.33. The van der Waals surface area contributed by atoms with Gasteiger partial charge in [0.25, 0.3) is 0 Å². The lowest BCUT2D eigenvalue weighted by Crippen LogP contribution is -2.43. The van der Waals surface area contributed by atoms with E-state index in [9.17, 15) is 4.79 Å². The molecule has 0 heterocycles. The van der Waals surface area contributed by atoms with Crippen LogP contribution >= 0.6 is 0 Å². The van der Waals surface area contributed by atoms with E-state index in [4.69, 9.17) is 15.1 Å². The topological polar surface area (TPSA) is 70.3 Å². The van der Waals surface area contributed by atoms with Gasteiger partial charge in [-0.05, 0) is 25.7 Å². The summed E-state index contributed by atoms with van der Waals surface area (Å²) in [6, 6.07) is 2.16. The van der Waals surface area contributed by atoms with E-state index in [2.05, 4.69) is 6.07 Å². The summed E-state index contributed by atoms with van der Waals surface area (Å²) in [4.78, 5) is 10.9. The summed E-state index contributed by atoms with van der Waals surface area (Å²) >= 11 is 0. The minimum Gasteiger partial charge on any atom is -0.479 e. The van der Waals surface area contributed by atoms with E-state index in [1.165, 1.54) is 7.11 Å². The smallest absolute Gasteiger partial charge is 0.335 e. The number of hydrogen-bond acceptors (Lipinski definition) is 3. The third-order valence-electron chi connectivity index (χ3n) is 2.76. The average Bonchev–Trinajstić information content (AvgIpc) is 2.17. The highest BCUT2D eigenvalue weighted by Crippen LogP contribution is 2.34. The summed E-state index contributed by atoms with van der Waals surface area (Å²) in [6.45, 7) is 0. The van der Waals surface area contributed by atoms with Gasteiger partial charge in [0.05, 0.1) is 6.07 Å². The number of hydrogen-bond donors (Lipinski definition) is 1. The molecule has 1 aliphatic rings. The molecule has 72 valence electrons. The summed E-state index contributed by atoms with van der Waals surface area (Å²) in [6.07, 6.45) is 2.13. The van der Waals surface area contributed by atoms with Crippen molar-refractivity contribution in [2.75, 3.05) is 7.11 Å². The van der Waals surface area contributed by atoms with Crippen molar-refractivity contribution in [2.24, 2.45) is 5.92 Å². The first-order chi connectivity index (χ1) is 6.14. The molecule has 0 aromatic heterocycles. The number of nitrogens with zero attached hydrogens (tertiary/aromatic N) is 1. The predicted molar refractivity (Wildman–Crippen MR) is 44.9 cm³/mol. The first kappa shape index (κ1) is 10.0. The molecule has 0 radical (unpaired) electrons. The minimum absolute atomic E-state index is 0.00243. The SMILES string of the molecule is COC1(C(=O)O)CCC(C#N)CC1. The maximum absolute atomic E-state index is 10.9. The highest BCUT2D eigenvalue weighted by molar-refractivity contribution is 5.77. The second-order valence-electron chi connectivity index (χ2n) is 3.41. The van der Waals surface area contributed by atoms with E-state index in [1.807, 2.05) is 0 Å². The number of carboxylic acids is 1. The molecule has 0 bridgehead atoms. The summed E-state index contributed by atoms with van der Waals surface area (Å²) < 4.78 is 5.02. The van der Waals surface area contributed by atoms with Crippen LogP contribution in [0.1, 0.15) is 25.7 Å². The third-order valence-corrected chi connectivity index (χ3v) is 2.76. The Labute approximate surface area is 77.1 Å². The number of carboxylic acid groups (broad SMARTS) is 1. The lowest BCUT2D eigenvalue weighted by Gasteiger charge is -2.33.